The lowest BCUT2D eigenvalue weighted by Gasteiger charge is -2.09. The van der Waals surface area contributed by atoms with Crippen molar-refractivity contribution in [1.29, 1.82) is 0 Å². The van der Waals surface area contributed by atoms with Crippen LogP contribution in [0.1, 0.15) is 6.92 Å². The van der Waals surface area contributed by atoms with E-state index in [2.05, 4.69) is 25.9 Å². The fraction of sp³-hybridized carbons (Fsp3) is 0.133. The van der Waals surface area contributed by atoms with Gasteiger partial charge in [-0.05, 0) is 47.1 Å². The number of ether oxygens (including phenoxy) is 1. The van der Waals surface area contributed by atoms with Gasteiger partial charge in [0.2, 0.25) is 0 Å². The summed E-state index contributed by atoms with van der Waals surface area (Å²) in [5.41, 5.74) is 2.86. The van der Waals surface area contributed by atoms with Crippen molar-refractivity contribution in [3.63, 3.8) is 0 Å². The van der Waals surface area contributed by atoms with Crippen LogP contribution >= 0.6 is 27.5 Å². The minimum Gasteiger partial charge on any atom is -0.491 e. The third kappa shape index (κ3) is 2.41. The highest BCUT2D eigenvalue weighted by molar-refractivity contribution is 9.10. The normalized spacial score (nSPS) is 10.9. The quantitative estimate of drug-likeness (QED) is 0.717. The largest absolute Gasteiger partial charge is 0.491 e. The number of H-pyrrole nitrogens is 1. The van der Waals surface area contributed by atoms with E-state index in [4.69, 9.17) is 16.3 Å². The number of nitrogens with one attached hydrogen (secondary N) is 1. The molecule has 3 aromatic rings. The number of hydrogen-bond donors (Lipinski definition) is 1. The molecule has 0 radical (unpaired) electrons. The predicted molar refractivity (Wildman–Crippen MR) is 85.4 cm³/mol. The second-order valence-electron chi connectivity index (χ2n) is 4.30. The fourth-order valence-corrected chi connectivity index (χ4v) is 3.03. The van der Waals surface area contributed by atoms with Crippen LogP contribution in [0.4, 0.5) is 0 Å². The first-order valence-corrected chi connectivity index (χ1v) is 7.43. The van der Waals surface area contributed by atoms with Gasteiger partial charge in [-0.15, -0.1) is 0 Å². The molecular weight excluding hydrogens is 340 g/mol. The van der Waals surface area contributed by atoms with Crippen molar-refractivity contribution in [2.75, 3.05) is 6.61 Å². The van der Waals surface area contributed by atoms with E-state index < -0.39 is 0 Å². The minimum absolute atomic E-state index is 0.566. The molecule has 0 saturated carbocycles. The molecule has 0 unspecified atom stereocenters. The molecular formula is C15H12BrClN2O. The molecule has 1 N–H and O–H groups in total. The Morgan fingerprint density at radius 3 is 2.80 bits per heavy atom. The van der Waals surface area contributed by atoms with Gasteiger partial charge in [0.1, 0.15) is 5.82 Å². The summed E-state index contributed by atoms with van der Waals surface area (Å²) in [5, 5.41) is 0.566. The van der Waals surface area contributed by atoms with Crippen LogP contribution in [0.5, 0.6) is 5.75 Å². The lowest BCUT2D eigenvalue weighted by Crippen LogP contribution is -1.94. The zero-order valence-electron chi connectivity index (χ0n) is 10.8. The van der Waals surface area contributed by atoms with E-state index in [1.54, 1.807) is 0 Å². The molecule has 0 fully saturated rings. The molecule has 0 saturated heterocycles. The first-order valence-electron chi connectivity index (χ1n) is 6.26. The Hall–Kier alpha value is -1.52. The van der Waals surface area contributed by atoms with Gasteiger partial charge in [-0.25, -0.2) is 4.98 Å². The Morgan fingerprint density at radius 1 is 1.30 bits per heavy atom. The van der Waals surface area contributed by atoms with Crippen LogP contribution in [0.15, 0.2) is 40.9 Å². The highest BCUT2D eigenvalue weighted by Crippen LogP contribution is 2.37. The lowest BCUT2D eigenvalue weighted by molar-refractivity contribution is 0.338. The van der Waals surface area contributed by atoms with Crippen LogP contribution in [0.25, 0.3) is 22.4 Å². The Bertz CT molecular complexity index is 713. The summed E-state index contributed by atoms with van der Waals surface area (Å²) in [4.78, 5) is 7.85. The monoisotopic (exact) mass is 350 g/mol. The van der Waals surface area contributed by atoms with E-state index in [-0.39, 0.29) is 0 Å². The van der Waals surface area contributed by atoms with Crippen LogP contribution in [-0.4, -0.2) is 16.6 Å². The SMILES string of the molecule is CCOc1c(Cl)cc(-c2nc3ccccc3[nH]2)cc1Br. The first kappa shape index (κ1) is 13.5. The van der Waals surface area contributed by atoms with Gasteiger partial charge < -0.3 is 9.72 Å². The van der Waals surface area contributed by atoms with E-state index in [1.165, 1.54) is 0 Å². The summed E-state index contributed by atoms with van der Waals surface area (Å²) >= 11 is 9.75. The molecule has 3 nitrogen and oxygen atoms in total. The number of fused-ring (bicyclic) bond motifs is 1. The summed E-state index contributed by atoms with van der Waals surface area (Å²) in [6.45, 7) is 2.50. The molecule has 20 heavy (non-hydrogen) atoms. The van der Waals surface area contributed by atoms with E-state index in [0.717, 1.165) is 26.9 Å². The summed E-state index contributed by atoms with van der Waals surface area (Å²) in [7, 11) is 0. The smallest absolute Gasteiger partial charge is 0.152 e. The maximum Gasteiger partial charge on any atom is 0.152 e. The van der Waals surface area contributed by atoms with Crippen LogP contribution < -0.4 is 4.74 Å². The molecule has 0 spiro atoms. The number of rotatable bonds is 3. The third-order valence-corrected chi connectivity index (χ3v) is 3.82. The number of hydrogen-bond acceptors (Lipinski definition) is 2. The maximum absolute atomic E-state index is 6.27. The summed E-state index contributed by atoms with van der Waals surface area (Å²) < 4.78 is 6.33. The van der Waals surface area contributed by atoms with Gasteiger partial charge in [-0.2, -0.15) is 0 Å². The molecule has 0 atom stereocenters. The molecule has 0 bridgehead atoms. The van der Waals surface area contributed by atoms with Crippen molar-refractivity contribution in [3.8, 4) is 17.1 Å². The molecule has 0 amide bonds. The van der Waals surface area contributed by atoms with Gasteiger partial charge in [-0.3, -0.25) is 0 Å². The van der Waals surface area contributed by atoms with E-state index in [0.29, 0.717) is 17.4 Å². The number of aromatic nitrogens is 2. The standard InChI is InChI=1S/C15H12BrClN2O/c1-2-20-14-10(16)7-9(8-11(14)17)15-18-12-5-3-4-6-13(12)19-15/h3-8H,2H2,1H3,(H,18,19). The topological polar surface area (TPSA) is 37.9 Å². The Morgan fingerprint density at radius 2 is 2.10 bits per heavy atom. The molecule has 0 aliphatic heterocycles. The molecule has 2 aromatic carbocycles. The van der Waals surface area contributed by atoms with Crippen molar-refractivity contribution in [3.05, 3.63) is 45.9 Å². The highest BCUT2D eigenvalue weighted by atomic mass is 79.9. The summed E-state index contributed by atoms with van der Waals surface area (Å²) in [6.07, 6.45) is 0. The van der Waals surface area contributed by atoms with Crippen LogP contribution in [0, 0.1) is 0 Å². The average Bonchev–Trinajstić information content (AvgIpc) is 2.86. The summed E-state index contributed by atoms with van der Waals surface area (Å²) in [6, 6.07) is 11.7. The highest BCUT2D eigenvalue weighted by Gasteiger charge is 2.12. The molecule has 5 heteroatoms. The first-order chi connectivity index (χ1) is 9.69. The minimum atomic E-state index is 0.566. The Balaban J connectivity index is 2.10. The number of aromatic amines is 1. The van der Waals surface area contributed by atoms with Gasteiger partial charge in [-0.1, -0.05) is 23.7 Å². The Kier molecular flexibility index (Phi) is 3.68. The zero-order chi connectivity index (χ0) is 14.1. The van der Waals surface area contributed by atoms with Crippen molar-refractivity contribution in [2.45, 2.75) is 6.92 Å². The van der Waals surface area contributed by atoms with Gasteiger partial charge >= 0.3 is 0 Å². The van der Waals surface area contributed by atoms with Crippen molar-refractivity contribution < 1.29 is 4.74 Å². The number of para-hydroxylation sites is 2. The number of nitrogens with zero attached hydrogens (tertiary/aromatic N) is 1. The fourth-order valence-electron chi connectivity index (χ4n) is 2.07. The van der Waals surface area contributed by atoms with E-state index in [9.17, 15) is 0 Å². The number of halogens is 2. The van der Waals surface area contributed by atoms with Crippen LogP contribution in [0.2, 0.25) is 5.02 Å². The van der Waals surface area contributed by atoms with Gasteiger partial charge in [0.05, 0.1) is 27.1 Å². The van der Waals surface area contributed by atoms with E-state index >= 15 is 0 Å². The molecule has 0 aliphatic carbocycles. The van der Waals surface area contributed by atoms with E-state index in [1.807, 2.05) is 43.3 Å². The van der Waals surface area contributed by atoms with Crippen molar-refractivity contribution >= 4 is 38.6 Å². The molecule has 3 rings (SSSR count). The van der Waals surface area contributed by atoms with Crippen LogP contribution in [-0.2, 0) is 0 Å². The van der Waals surface area contributed by atoms with Gasteiger partial charge in [0.15, 0.2) is 5.75 Å². The maximum atomic E-state index is 6.27. The number of imidazole rings is 1. The molecule has 102 valence electrons. The summed E-state index contributed by atoms with van der Waals surface area (Å²) in [5.74, 6) is 1.45. The van der Waals surface area contributed by atoms with Crippen molar-refractivity contribution in [2.24, 2.45) is 0 Å². The Labute approximate surface area is 130 Å². The molecule has 1 aromatic heterocycles. The van der Waals surface area contributed by atoms with Crippen molar-refractivity contribution in [1.82, 2.24) is 9.97 Å². The second kappa shape index (κ2) is 5.46. The third-order valence-electron chi connectivity index (χ3n) is 2.95. The lowest BCUT2D eigenvalue weighted by atomic mass is 10.2. The second-order valence-corrected chi connectivity index (χ2v) is 5.57. The molecule has 0 aliphatic rings. The predicted octanol–water partition coefficient (Wildman–Crippen LogP) is 5.04. The average molecular weight is 352 g/mol. The molecule has 1 heterocycles. The zero-order valence-corrected chi connectivity index (χ0v) is 13.1. The number of benzene rings is 2. The van der Waals surface area contributed by atoms with Gasteiger partial charge in [0.25, 0.3) is 0 Å². The van der Waals surface area contributed by atoms with Crippen LogP contribution in [0.3, 0.4) is 0 Å². The van der Waals surface area contributed by atoms with Gasteiger partial charge in [0, 0.05) is 5.56 Å².